The van der Waals surface area contributed by atoms with E-state index >= 15 is 0 Å². The molecule has 25 heavy (non-hydrogen) atoms. The van der Waals surface area contributed by atoms with Crippen molar-refractivity contribution in [2.24, 2.45) is 0 Å². The molecule has 1 aliphatic rings. The van der Waals surface area contributed by atoms with Gasteiger partial charge in [-0.2, -0.15) is 0 Å². The number of hydrogen-bond acceptors (Lipinski definition) is 3. The van der Waals surface area contributed by atoms with Gasteiger partial charge in [-0.05, 0) is 31.2 Å². The molecule has 1 aromatic rings. The summed E-state index contributed by atoms with van der Waals surface area (Å²) in [4.78, 5) is 37.5. The number of nitrogens with one attached hydrogen (secondary N) is 2. The summed E-state index contributed by atoms with van der Waals surface area (Å²) in [7, 11) is 0. The van der Waals surface area contributed by atoms with Gasteiger partial charge >= 0.3 is 6.03 Å². The Morgan fingerprint density at radius 2 is 1.84 bits per heavy atom. The van der Waals surface area contributed by atoms with E-state index in [1.807, 2.05) is 23.1 Å². The van der Waals surface area contributed by atoms with Gasteiger partial charge in [0, 0.05) is 19.0 Å². The second-order valence-electron chi connectivity index (χ2n) is 6.35. The fourth-order valence-electron chi connectivity index (χ4n) is 3.21. The lowest BCUT2D eigenvalue weighted by molar-refractivity contribution is -0.134. The Morgan fingerprint density at radius 3 is 2.40 bits per heavy atom. The van der Waals surface area contributed by atoms with Gasteiger partial charge in [0.15, 0.2) is 0 Å². The van der Waals surface area contributed by atoms with Gasteiger partial charge in [-0.3, -0.25) is 14.9 Å². The molecule has 1 aliphatic heterocycles. The van der Waals surface area contributed by atoms with Crippen LogP contribution in [0.15, 0.2) is 30.3 Å². The minimum Gasteiger partial charge on any atom is -0.339 e. The third-order valence-electron chi connectivity index (χ3n) is 4.69. The highest BCUT2D eigenvalue weighted by Gasteiger charge is 2.30. The van der Waals surface area contributed by atoms with Crippen LogP contribution in [0.5, 0.6) is 0 Å². The number of amides is 4. The summed E-state index contributed by atoms with van der Waals surface area (Å²) in [5.74, 6) is -0.310. The highest BCUT2D eigenvalue weighted by Crippen LogP contribution is 2.14. The molecule has 4 amide bonds. The van der Waals surface area contributed by atoms with E-state index in [-0.39, 0.29) is 24.3 Å². The first-order valence-electron chi connectivity index (χ1n) is 8.99. The van der Waals surface area contributed by atoms with Crippen LogP contribution in [0.3, 0.4) is 0 Å². The summed E-state index contributed by atoms with van der Waals surface area (Å²) >= 11 is 0. The molecule has 1 saturated heterocycles. The summed E-state index contributed by atoms with van der Waals surface area (Å²) < 4.78 is 0. The van der Waals surface area contributed by atoms with Crippen molar-refractivity contribution in [2.75, 3.05) is 6.54 Å². The molecule has 0 aliphatic carbocycles. The largest absolute Gasteiger partial charge is 0.339 e. The van der Waals surface area contributed by atoms with Crippen LogP contribution < -0.4 is 10.6 Å². The second kappa shape index (κ2) is 9.20. The molecule has 1 heterocycles. The normalized spacial score (nSPS) is 16.7. The Hall–Kier alpha value is -2.37. The Bertz CT molecular complexity index is 599. The van der Waals surface area contributed by atoms with Crippen LogP contribution in [0.2, 0.25) is 0 Å². The van der Waals surface area contributed by atoms with Crippen molar-refractivity contribution in [1.82, 2.24) is 15.5 Å². The zero-order valence-corrected chi connectivity index (χ0v) is 15.0. The van der Waals surface area contributed by atoms with Crippen LogP contribution in [0.25, 0.3) is 0 Å². The zero-order chi connectivity index (χ0) is 18.2. The van der Waals surface area contributed by atoms with Gasteiger partial charge in [0.25, 0.3) is 5.91 Å². The number of carbonyl (C=O) groups excluding carboxylic acids is 3. The van der Waals surface area contributed by atoms with E-state index in [9.17, 15) is 14.4 Å². The summed E-state index contributed by atoms with van der Waals surface area (Å²) in [6.45, 7) is 4.83. The molecule has 6 nitrogen and oxygen atoms in total. The Morgan fingerprint density at radius 1 is 1.16 bits per heavy atom. The molecular weight excluding hydrogens is 318 g/mol. The van der Waals surface area contributed by atoms with Gasteiger partial charge in [0.2, 0.25) is 5.91 Å². The minimum absolute atomic E-state index is 0.0404. The summed E-state index contributed by atoms with van der Waals surface area (Å²) in [6.07, 6.45) is 3.20. The van der Waals surface area contributed by atoms with E-state index in [0.717, 1.165) is 19.3 Å². The maximum atomic E-state index is 12.8. The summed E-state index contributed by atoms with van der Waals surface area (Å²) in [5.41, 5.74) is 1.20. The molecule has 1 fully saturated rings. The first-order chi connectivity index (χ1) is 12.0. The molecule has 2 rings (SSSR count). The molecule has 2 N–H and O–H groups in total. The first-order valence-corrected chi connectivity index (χ1v) is 8.99. The van der Waals surface area contributed by atoms with Crippen LogP contribution in [0, 0.1) is 0 Å². The Kier molecular flexibility index (Phi) is 6.98. The highest BCUT2D eigenvalue weighted by molar-refractivity contribution is 6.04. The van der Waals surface area contributed by atoms with Gasteiger partial charge < -0.3 is 10.2 Å². The molecule has 136 valence electrons. The smallest absolute Gasteiger partial charge is 0.322 e. The summed E-state index contributed by atoms with van der Waals surface area (Å²) in [6, 6.07) is 9.22. The molecule has 1 unspecified atom stereocenters. The van der Waals surface area contributed by atoms with Gasteiger partial charge in [-0.25, -0.2) is 4.79 Å². The molecule has 0 saturated carbocycles. The number of urea groups is 1. The van der Waals surface area contributed by atoms with Crippen molar-refractivity contribution in [3.8, 4) is 0 Å². The van der Waals surface area contributed by atoms with Crippen LogP contribution in [0.4, 0.5) is 4.79 Å². The van der Waals surface area contributed by atoms with Crippen LogP contribution in [0.1, 0.15) is 45.1 Å². The van der Waals surface area contributed by atoms with Crippen LogP contribution in [-0.4, -0.2) is 41.4 Å². The van der Waals surface area contributed by atoms with E-state index in [1.54, 1.807) is 0 Å². The number of hydrogen-bond donors (Lipinski definition) is 2. The number of rotatable bonds is 9. The number of imide groups is 1. The molecule has 1 aromatic carbocycles. The third-order valence-corrected chi connectivity index (χ3v) is 4.69. The van der Waals surface area contributed by atoms with E-state index < -0.39 is 12.1 Å². The van der Waals surface area contributed by atoms with Gasteiger partial charge in [0.05, 0.1) is 0 Å². The molecule has 0 bridgehead atoms. The fourth-order valence-corrected chi connectivity index (χ4v) is 3.21. The van der Waals surface area contributed by atoms with Crippen molar-refractivity contribution in [2.45, 2.75) is 58.0 Å². The van der Waals surface area contributed by atoms with Gasteiger partial charge in [-0.15, -0.1) is 0 Å². The third kappa shape index (κ3) is 5.31. The molecular formula is C19H27N3O3. The fraction of sp³-hybridized carbons (Fsp3) is 0.526. The average Bonchev–Trinajstić information content (AvgIpc) is 2.94. The van der Waals surface area contributed by atoms with Gasteiger partial charge in [-0.1, -0.05) is 44.2 Å². The van der Waals surface area contributed by atoms with E-state index in [4.69, 9.17) is 0 Å². The zero-order valence-electron chi connectivity index (χ0n) is 15.0. The van der Waals surface area contributed by atoms with Crippen LogP contribution >= 0.6 is 0 Å². The maximum absolute atomic E-state index is 12.8. The predicted molar refractivity (Wildman–Crippen MR) is 95.9 cm³/mol. The van der Waals surface area contributed by atoms with Crippen LogP contribution in [-0.2, 0) is 16.0 Å². The average molecular weight is 345 g/mol. The molecule has 0 radical (unpaired) electrons. The molecule has 0 spiro atoms. The Balaban J connectivity index is 1.95. The topological polar surface area (TPSA) is 78.5 Å². The maximum Gasteiger partial charge on any atom is 0.322 e. The first kappa shape index (κ1) is 19.0. The van der Waals surface area contributed by atoms with Crippen molar-refractivity contribution in [3.63, 3.8) is 0 Å². The number of nitrogens with zero attached hydrogens (tertiary/aromatic N) is 1. The SMILES string of the molecule is CCC(CC)N(CCc1ccccc1)C(=O)CCC1NC(=O)NC1=O. The lowest BCUT2D eigenvalue weighted by Crippen LogP contribution is -2.42. The van der Waals surface area contributed by atoms with Crippen molar-refractivity contribution >= 4 is 17.8 Å². The van der Waals surface area contributed by atoms with Crippen molar-refractivity contribution < 1.29 is 14.4 Å². The number of carbonyl (C=O) groups is 3. The monoisotopic (exact) mass is 345 g/mol. The molecule has 6 heteroatoms. The van der Waals surface area contributed by atoms with E-state index in [1.165, 1.54) is 5.56 Å². The lowest BCUT2D eigenvalue weighted by atomic mass is 10.1. The summed E-state index contributed by atoms with van der Waals surface area (Å²) in [5, 5.41) is 4.74. The second-order valence-corrected chi connectivity index (χ2v) is 6.35. The quantitative estimate of drug-likeness (QED) is 0.674. The standard InChI is InChI=1S/C19H27N3O3/c1-3-15(4-2)22(13-12-14-8-6-5-7-9-14)17(23)11-10-16-18(24)21-19(25)20-16/h5-9,15-16H,3-4,10-13H2,1-2H3,(H2,20,21,24,25). The lowest BCUT2D eigenvalue weighted by Gasteiger charge is -2.31. The Labute approximate surface area is 149 Å². The molecule has 1 atom stereocenters. The van der Waals surface area contributed by atoms with E-state index in [2.05, 4.69) is 36.6 Å². The van der Waals surface area contributed by atoms with Crippen molar-refractivity contribution in [3.05, 3.63) is 35.9 Å². The highest BCUT2D eigenvalue weighted by atomic mass is 16.2. The molecule has 0 aromatic heterocycles. The number of benzene rings is 1. The van der Waals surface area contributed by atoms with E-state index in [0.29, 0.717) is 13.0 Å². The van der Waals surface area contributed by atoms with Gasteiger partial charge in [0.1, 0.15) is 6.04 Å². The minimum atomic E-state index is -0.603. The van der Waals surface area contributed by atoms with Crippen molar-refractivity contribution in [1.29, 1.82) is 0 Å². The predicted octanol–water partition coefficient (Wildman–Crippen LogP) is 2.23.